The molecule has 0 bridgehead atoms. The monoisotopic (exact) mass is 256 g/mol. The van der Waals surface area contributed by atoms with E-state index in [1.54, 1.807) is 13.0 Å². The molecule has 1 heterocycles. The van der Waals surface area contributed by atoms with Crippen molar-refractivity contribution in [2.45, 2.75) is 20.3 Å². The molecule has 0 saturated carbocycles. The Labute approximate surface area is 112 Å². The van der Waals surface area contributed by atoms with Crippen LogP contribution in [0.5, 0.6) is 0 Å². The third-order valence-corrected chi connectivity index (χ3v) is 2.75. The number of aryl methyl sites for hydroxylation is 1. The van der Waals surface area contributed by atoms with E-state index in [2.05, 4.69) is 10.5 Å². The minimum Gasteiger partial charge on any atom is -0.469 e. The normalized spacial score (nSPS) is 11.4. The van der Waals surface area contributed by atoms with Gasteiger partial charge >= 0.3 is 0 Å². The van der Waals surface area contributed by atoms with Crippen LogP contribution < -0.4 is 5.43 Å². The molecule has 0 aliphatic heterocycles. The Balaban J connectivity index is 1.95. The van der Waals surface area contributed by atoms with Gasteiger partial charge in [-0.15, -0.1) is 0 Å². The van der Waals surface area contributed by atoms with Gasteiger partial charge < -0.3 is 4.42 Å². The molecule has 0 fully saturated rings. The van der Waals surface area contributed by atoms with Crippen LogP contribution in [0.25, 0.3) is 0 Å². The largest absolute Gasteiger partial charge is 0.469 e. The average molecular weight is 256 g/mol. The maximum atomic E-state index is 11.8. The number of hydrogen-bond acceptors (Lipinski definition) is 3. The zero-order chi connectivity index (χ0) is 13.7. The predicted octanol–water partition coefficient (Wildman–Crippen LogP) is 2.94. The summed E-state index contributed by atoms with van der Waals surface area (Å²) in [5.41, 5.74) is 5.06. The Kier molecular flexibility index (Phi) is 4.13. The first kappa shape index (κ1) is 13.1. The zero-order valence-corrected chi connectivity index (χ0v) is 11.0. The maximum absolute atomic E-state index is 11.8. The Bertz CT molecular complexity index is 585. The van der Waals surface area contributed by atoms with E-state index < -0.39 is 0 Å². The van der Waals surface area contributed by atoms with Crippen LogP contribution >= 0.6 is 0 Å². The van der Waals surface area contributed by atoms with Crippen molar-refractivity contribution < 1.29 is 9.21 Å². The Hall–Kier alpha value is -2.36. The van der Waals surface area contributed by atoms with Gasteiger partial charge in [-0.3, -0.25) is 4.79 Å². The van der Waals surface area contributed by atoms with E-state index in [1.807, 2.05) is 37.3 Å². The Morgan fingerprint density at radius 2 is 2.00 bits per heavy atom. The number of nitrogens with one attached hydrogen (secondary N) is 1. The summed E-state index contributed by atoms with van der Waals surface area (Å²) in [5, 5.41) is 4.09. The van der Waals surface area contributed by atoms with Gasteiger partial charge in [0.2, 0.25) is 0 Å². The van der Waals surface area contributed by atoms with Crippen LogP contribution in [-0.4, -0.2) is 11.6 Å². The molecule has 1 N–H and O–H groups in total. The Morgan fingerprint density at radius 3 is 2.63 bits per heavy atom. The molecule has 1 aromatic carbocycles. The highest BCUT2D eigenvalue weighted by Crippen LogP contribution is 2.08. The number of rotatable bonds is 4. The van der Waals surface area contributed by atoms with Crippen LogP contribution in [0, 0.1) is 6.92 Å². The van der Waals surface area contributed by atoms with Crippen LogP contribution in [0.1, 0.15) is 28.6 Å². The molecule has 1 aromatic heterocycles. The lowest BCUT2D eigenvalue weighted by Crippen LogP contribution is -2.19. The number of amides is 1. The van der Waals surface area contributed by atoms with E-state index in [1.165, 1.54) is 6.26 Å². The summed E-state index contributed by atoms with van der Waals surface area (Å²) in [4.78, 5) is 11.8. The van der Waals surface area contributed by atoms with Crippen molar-refractivity contribution in [1.82, 2.24) is 5.43 Å². The van der Waals surface area contributed by atoms with Gasteiger partial charge in [-0.25, -0.2) is 5.43 Å². The molecule has 0 saturated heterocycles. The van der Waals surface area contributed by atoms with Crippen LogP contribution in [0.15, 0.2) is 52.2 Å². The van der Waals surface area contributed by atoms with E-state index in [-0.39, 0.29) is 5.91 Å². The van der Waals surface area contributed by atoms with Crippen LogP contribution in [0.3, 0.4) is 0 Å². The zero-order valence-electron chi connectivity index (χ0n) is 11.0. The second kappa shape index (κ2) is 6.00. The first-order valence-electron chi connectivity index (χ1n) is 6.08. The molecule has 0 atom stereocenters. The summed E-state index contributed by atoms with van der Waals surface area (Å²) in [6.07, 6.45) is 2.20. The molecule has 2 aromatic rings. The fourth-order valence-corrected chi connectivity index (χ4v) is 1.76. The van der Waals surface area contributed by atoms with Crippen molar-refractivity contribution in [1.29, 1.82) is 0 Å². The van der Waals surface area contributed by atoms with Crippen molar-refractivity contribution in [2.75, 3.05) is 0 Å². The smallest absolute Gasteiger partial charge is 0.274 e. The molecule has 0 aliphatic carbocycles. The first-order valence-corrected chi connectivity index (χ1v) is 6.08. The second-order valence-corrected chi connectivity index (χ2v) is 4.34. The van der Waals surface area contributed by atoms with Gasteiger partial charge in [0, 0.05) is 12.1 Å². The molecule has 0 spiro atoms. The highest BCUT2D eigenvalue weighted by molar-refractivity contribution is 5.96. The third-order valence-electron chi connectivity index (χ3n) is 2.75. The molecule has 98 valence electrons. The highest BCUT2D eigenvalue weighted by Gasteiger charge is 2.10. The van der Waals surface area contributed by atoms with E-state index in [0.29, 0.717) is 17.7 Å². The second-order valence-electron chi connectivity index (χ2n) is 4.34. The molecule has 0 aliphatic rings. The topological polar surface area (TPSA) is 54.6 Å². The lowest BCUT2D eigenvalue weighted by Gasteiger charge is -2.02. The summed E-state index contributed by atoms with van der Waals surface area (Å²) >= 11 is 0. The van der Waals surface area contributed by atoms with E-state index in [9.17, 15) is 4.79 Å². The number of carbonyl (C=O) groups is 1. The predicted molar refractivity (Wildman–Crippen MR) is 74.2 cm³/mol. The Morgan fingerprint density at radius 1 is 1.26 bits per heavy atom. The van der Waals surface area contributed by atoms with Gasteiger partial charge in [0.1, 0.15) is 5.76 Å². The van der Waals surface area contributed by atoms with Crippen molar-refractivity contribution in [3.63, 3.8) is 0 Å². The van der Waals surface area contributed by atoms with E-state index in [0.717, 1.165) is 11.3 Å². The van der Waals surface area contributed by atoms with Crippen molar-refractivity contribution in [3.05, 3.63) is 59.5 Å². The van der Waals surface area contributed by atoms with E-state index >= 15 is 0 Å². The molecular weight excluding hydrogens is 240 g/mol. The van der Waals surface area contributed by atoms with Gasteiger partial charge in [-0.05, 0) is 25.5 Å². The lowest BCUT2D eigenvalue weighted by molar-refractivity contribution is 0.0953. The average Bonchev–Trinajstić information content (AvgIpc) is 2.83. The third kappa shape index (κ3) is 3.55. The summed E-state index contributed by atoms with van der Waals surface area (Å²) in [6.45, 7) is 3.63. The van der Waals surface area contributed by atoms with Gasteiger partial charge in [0.25, 0.3) is 5.91 Å². The summed E-state index contributed by atoms with van der Waals surface area (Å²) in [5.74, 6) is 0.340. The van der Waals surface area contributed by atoms with Crippen LogP contribution in [0.2, 0.25) is 0 Å². The van der Waals surface area contributed by atoms with Crippen molar-refractivity contribution in [2.24, 2.45) is 5.10 Å². The van der Waals surface area contributed by atoms with Crippen LogP contribution in [0.4, 0.5) is 0 Å². The van der Waals surface area contributed by atoms with E-state index in [4.69, 9.17) is 4.42 Å². The SMILES string of the molecule is C/C(Cc1ccccc1)=N\NC(=O)c1ccoc1C. The maximum Gasteiger partial charge on any atom is 0.274 e. The molecule has 2 rings (SSSR count). The van der Waals surface area contributed by atoms with Crippen LogP contribution in [-0.2, 0) is 6.42 Å². The van der Waals surface area contributed by atoms with Gasteiger partial charge in [0.05, 0.1) is 11.8 Å². The highest BCUT2D eigenvalue weighted by atomic mass is 16.3. The molecule has 4 heteroatoms. The fourth-order valence-electron chi connectivity index (χ4n) is 1.76. The lowest BCUT2D eigenvalue weighted by atomic mass is 10.1. The standard InChI is InChI=1S/C15H16N2O2/c1-11(10-13-6-4-3-5-7-13)16-17-15(18)14-8-9-19-12(14)2/h3-9H,10H2,1-2H3,(H,17,18)/b16-11+. The van der Waals surface area contributed by atoms with Gasteiger partial charge in [0.15, 0.2) is 0 Å². The summed E-state index contributed by atoms with van der Waals surface area (Å²) in [7, 11) is 0. The number of carbonyl (C=O) groups excluding carboxylic acids is 1. The fraction of sp³-hybridized carbons (Fsp3) is 0.200. The summed E-state index contributed by atoms with van der Waals surface area (Å²) in [6, 6.07) is 11.6. The molecule has 0 unspecified atom stereocenters. The summed E-state index contributed by atoms with van der Waals surface area (Å²) < 4.78 is 5.08. The van der Waals surface area contributed by atoms with Crippen molar-refractivity contribution >= 4 is 11.6 Å². The minimum absolute atomic E-state index is 0.251. The van der Waals surface area contributed by atoms with Gasteiger partial charge in [-0.2, -0.15) is 5.10 Å². The van der Waals surface area contributed by atoms with Crippen molar-refractivity contribution in [3.8, 4) is 0 Å². The molecule has 19 heavy (non-hydrogen) atoms. The number of benzene rings is 1. The molecule has 1 amide bonds. The minimum atomic E-state index is -0.251. The molecule has 4 nitrogen and oxygen atoms in total. The first-order chi connectivity index (χ1) is 9.16. The molecule has 0 radical (unpaired) electrons. The quantitative estimate of drug-likeness (QED) is 0.675. The number of hydrogen-bond donors (Lipinski definition) is 1. The number of furan rings is 1. The van der Waals surface area contributed by atoms with Gasteiger partial charge in [-0.1, -0.05) is 30.3 Å². The molecular formula is C15H16N2O2. The number of nitrogens with zero attached hydrogens (tertiary/aromatic N) is 1. The number of hydrazone groups is 1.